The smallest absolute Gasteiger partial charge is 0.0595 e. The van der Waals surface area contributed by atoms with Crippen LogP contribution in [-0.4, -0.2) is 4.83 Å². The van der Waals surface area contributed by atoms with E-state index in [4.69, 9.17) is 23.2 Å². The van der Waals surface area contributed by atoms with Gasteiger partial charge in [0.2, 0.25) is 0 Å². The second kappa shape index (κ2) is 4.42. The fraction of sp³-hybridized carbons (Fsp3) is 0.455. The summed E-state index contributed by atoms with van der Waals surface area (Å²) in [7, 11) is 0. The predicted molar refractivity (Wildman–Crippen MR) is 65.6 cm³/mol. The van der Waals surface area contributed by atoms with Gasteiger partial charge in [0.05, 0.1) is 10.0 Å². The van der Waals surface area contributed by atoms with E-state index in [9.17, 15) is 0 Å². The van der Waals surface area contributed by atoms with Crippen molar-refractivity contribution in [3.8, 4) is 0 Å². The number of alkyl halides is 1. The molecule has 1 fully saturated rings. The predicted octanol–water partition coefficient (Wildman–Crippen LogP) is 4.71. The zero-order chi connectivity index (χ0) is 10.1. The molecule has 0 aromatic heterocycles. The summed E-state index contributed by atoms with van der Waals surface area (Å²) in [6.45, 7) is 0. The lowest BCUT2D eigenvalue weighted by Gasteiger charge is -2.08. The standard InChI is InChI=1S/C11H11BrCl2/c12-9(8-2-3-8)5-7-1-4-10(13)11(14)6-7/h1,4,6,8-9H,2-3,5H2. The number of hydrogen-bond donors (Lipinski definition) is 0. The summed E-state index contributed by atoms with van der Waals surface area (Å²) in [5.74, 6) is 0.865. The summed E-state index contributed by atoms with van der Waals surface area (Å²) in [4.78, 5) is 0.597. The van der Waals surface area contributed by atoms with E-state index in [2.05, 4.69) is 15.9 Å². The van der Waals surface area contributed by atoms with E-state index in [-0.39, 0.29) is 0 Å². The van der Waals surface area contributed by atoms with Gasteiger partial charge in [-0.05, 0) is 42.9 Å². The van der Waals surface area contributed by atoms with Crippen LogP contribution in [0, 0.1) is 5.92 Å². The van der Waals surface area contributed by atoms with Crippen LogP contribution in [0.2, 0.25) is 10.0 Å². The lowest BCUT2D eigenvalue weighted by molar-refractivity contribution is 0.761. The lowest BCUT2D eigenvalue weighted by Crippen LogP contribution is -2.04. The molecule has 1 aromatic rings. The number of halogens is 3. The minimum absolute atomic E-state index is 0.597. The molecule has 1 aliphatic rings. The molecule has 0 radical (unpaired) electrons. The molecule has 3 heteroatoms. The van der Waals surface area contributed by atoms with Gasteiger partial charge in [-0.3, -0.25) is 0 Å². The third kappa shape index (κ3) is 2.65. The van der Waals surface area contributed by atoms with Crippen LogP contribution in [0.15, 0.2) is 18.2 Å². The Morgan fingerprint density at radius 3 is 2.57 bits per heavy atom. The van der Waals surface area contributed by atoms with Gasteiger partial charge in [-0.2, -0.15) is 0 Å². The van der Waals surface area contributed by atoms with Crippen molar-refractivity contribution in [2.45, 2.75) is 24.1 Å². The highest BCUT2D eigenvalue weighted by atomic mass is 79.9. The Bertz CT molecular complexity index is 334. The molecule has 2 rings (SSSR count). The molecular formula is C11H11BrCl2. The van der Waals surface area contributed by atoms with Crippen molar-refractivity contribution in [2.24, 2.45) is 5.92 Å². The van der Waals surface area contributed by atoms with E-state index in [0.29, 0.717) is 14.9 Å². The van der Waals surface area contributed by atoms with Crippen molar-refractivity contribution >= 4 is 39.1 Å². The molecule has 0 N–H and O–H groups in total. The summed E-state index contributed by atoms with van der Waals surface area (Å²) >= 11 is 15.5. The Kier molecular flexibility index (Phi) is 3.41. The second-order valence-electron chi connectivity index (χ2n) is 3.81. The molecule has 0 bridgehead atoms. The minimum Gasteiger partial charge on any atom is -0.0884 e. The van der Waals surface area contributed by atoms with Gasteiger partial charge in [-0.25, -0.2) is 0 Å². The monoisotopic (exact) mass is 292 g/mol. The highest BCUT2D eigenvalue weighted by Gasteiger charge is 2.29. The summed E-state index contributed by atoms with van der Waals surface area (Å²) in [5.41, 5.74) is 1.26. The molecule has 1 unspecified atom stereocenters. The van der Waals surface area contributed by atoms with E-state index in [1.54, 1.807) is 0 Å². The largest absolute Gasteiger partial charge is 0.0884 e. The highest BCUT2D eigenvalue weighted by Crippen LogP contribution is 2.38. The van der Waals surface area contributed by atoms with Crippen LogP contribution in [0.3, 0.4) is 0 Å². The Hall–Kier alpha value is 0.280. The Morgan fingerprint density at radius 2 is 2.00 bits per heavy atom. The first kappa shape index (κ1) is 10.8. The third-order valence-corrected chi connectivity index (χ3v) is 4.36. The van der Waals surface area contributed by atoms with Gasteiger partial charge in [0.25, 0.3) is 0 Å². The second-order valence-corrected chi connectivity index (χ2v) is 5.80. The van der Waals surface area contributed by atoms with E-state index in [1.165, 1.54) is 18.4 Å². The molecule has 0 heterocycles. The van der Waals surface area contributed by atoms with Crippen molar-refractivity contribution in [3.05, 3.63) is 33.8 Å². The molecular weight excluding hydrogens is 283 g/mol. The highest BCUT2D eigenvalue weighted by molar-refractivity contribution is 9.09. The molecule has 0 spiro atoms. The summed E-state index contributed by atoms with van der Waals surface area (Å²) in [6, 6.07) is 5.87. The first-order chi connectivity index (χ1) is 6.66. The zero-order valence-electron chi connectivity index (χ0n) is 7.64. The third-order valence-electron chi connectivity index (χ3n) is 2.55. The summed E-state index contributed by atoms with van der Waals surface area (Å²) < 4.78 is 0. The molecule has 0 aliphatic heterocycles. The maximum absolute atomic E-state index is 5.95. The molecule has 0 saturated heterocycles. The summed E-state index contributed by atoms with van der Waals surface area (Å²) in [6.07, 6.45) is 3.76. The molecule has 0 nitrogen and oxygen atoms in total. The number of benzene rings is 1. The number of rotatable bonds is 3. The molecule has 1 atom stereocenters. The van der Waals surface area contributed by atoms with Gasteiger partial charge in [0, 0.05) is 4.83 Å². The van der Waals surface area contributed by atoms with E-state index in [1.807, 2.05) is 18.2 Å². The molecule has 0 amide bonds. The fourth-order valence-corrected chi connectivity index (χ4v) is 2.74. The van der Waals surface area contributed by atoms with Gasteiger partial charge in [-0.1, -0.05) is 45.2 Å². The van der Waals surface area contributed by atoms with Crippen molar-refractivity contribution in [3.63, 3.8) is 0 Å². The SMILES string of the molecule is Clc1ccc(CC(Br)C2CC2)cc1Cl. The van der Waals surface area contributed by atoms with Crippen LogP contribution >= 0.6 is 39.1 Å². The Balaban J connectivity index is 2.04. The maximum Gasteiger partial charge on any atom is 0.0595 e. The van der Waals surface area contributed by atoms with Crippen LogP contribution in [0.25, 0.3) is 0 Å². The lowest BCUT2D eigenvalue weighted by atomic mass is 10.1. The number of hydrogen-bond acceptors (Lipinski definition) is 0. The first-order valence-electron chi connectivity index (χ1n) is 4.75. The summed E-state index contributed by atoms with van der Waals surface area (Å²) in [5, 5.41) is 1.28. The van der Waals surface area contributed by atoms with Crippen molar-refractivity contribution in [2.75, 3.05) is 0 Å². The van der Waals surface area contributed by atoms with E-state index in [0.717, 1.165) is 12.3 Å². The quantitative estimate of drug-likeness (QED) is 0.708. The molecule has 1 saturated carbocycles. The van der Waals surface area contributed by atoms with Crippen LogP contribution in [0.4, 0.5) is 0 Å². The van der Waals surface area contributed by atoms with Crippen LogP contribution in [-0.2, 0) is 6.42 Å². The molecule has 76 valence electrons. The van der Waals surface area contributed by atoms with Gasteiger partial charge in [0.1, 0.15) is 0 Å². The maximum atomic E-state index is 5.95. The van der Waals surface area contributed by atoms with Crippen LogP contribution in [0.5, 0.6) is 0 Å². The fourth-order valence-electron chi connectivity index (χ4n) is 1.52. The van der Waals surface area contributed by atoms with Gasteiger partial charge >= 0.3 is 0 Å². The first-order valence-corrected chi connectivity index (χ1v) is 6.42. The van der Waals surface area contributed by atoms with Crippen LogP contribution in [0.1, 0.15) is 18.4 Å². The van der Waals surface area contributed by atoms with Crippen molar-refractivity contribution in [1.82, 2.24) is 0 Å². The normalized spacial score (nSPS) is 18.2. The molecule has 1 aliphatic carbocycles. The van der Waals surface area contributed by atoms with Gasteiger partial charge < -0.3 is 0 Å². The minimum atomic E-state index is 0.597. The average Bonchev–Trinajstić information content (AvgIpc) is 2.94. The van der Waals surface area contributed by atoms with Crippen LogP contribution < -0.4 is 0 Å². The van der Waals surface area contributed by atoms with Crippen molar-refractivity contribution < 1.29 is 0 Å². The Labute approximate surface area is 103 Å². The average molecular weight is 294 g/mol. The molecule has 1 aromatic carbocycles. The van der Waals surface area contributed by atoms with E-state index < -0.39 is 0 Å². The Morgan fingerprint density at radius 1 is 1.29 bits per heavy atom. The topological polar surface area (TPSA) is 0 Å². The zero-order valence-corrected chi connectivity index (χ0v) is 10.7. The van der Waals surface area contributed by atoms with E-state index >= 15 is 0 Å². The van der Waals surface area contributed by atoms with Crippen molar-refractivity contribution in [1.29, 1.82) is 0 Å². The molecule has 14 heavy (non-hydrogen) atoms. The van der Waals surface area contributed by atoms with Gasteiger partial charge in [0.15, 0.2) is 0 Å². The van der Waals surface area contributed by atoms with Gasteiger partial charge in [-0.15, -0.1) is 0 Å².